The molecule has 22 heavy (non-hydrogen) atoms. The highest BCUT2D eigenvalue weighted by molar-refractivity contribution is 7.88. The van der Waals surface area contributed by atoms with Crippen molar-refractivity contribution in [2.45, 2.75) is 51.0 Å². The molecule has 3 rings (SSSR count). The largest absolute Gasteiger partial charge is 0.351 e. The highest BCUT2D eigenvalue weighted by Gasteiger charge is 2.26. The van der Waals surface area contributed by atoms with Crippen LogP contribution in [0, 0.1) is 6.92 Å². The maximum Gasteiger partial charge on any atom is 0.223 e. The van der Waals surface area contributed by atoms with E-state index in [1.54, 1.807) is 4.31 Å². The van der Waals surface area contributed by atoms with E-state index in [1.165, 1.54) is 25.5 Å². The minimum absolute atomic E-state index is 0.244. The number of nitrogens with one attached hydrogen (secondary N) is 1. The number of hydrogen-bond donors (Lipinski definition) is 1. The van der Waals surface area contributed by atoms with Gasteiger partial charge in [0.25, 0.3) is 0 Å². The first kappa shape index (κ1) is 15.7. The first-order chi connectivity index (χ1) is 10.4. The first-order valence-electron chi connectivity index (χ1n) is 7.99. The van der Waals surface area contributed by atoms with Crippen LogP contribution >= 0.6 is 0 Å². The van der Waals surface area contributed by atoms with Crippen molar-refractivity contribution in [3.8, 4) is 0 Å². The topological polar surface area (TPSA) is 75.2 Å². The normalized spacial score (nSPS) is 21.5. The molecule has 6 nitrogen and oxygen atoms in total. The molecule has 0 atom stereocenters. The Morgan fingerprint density at radius 1 is 1.18 bits per heavy atom. The van der Waals surface area contributed by atoms with Crippen molar-refractivity contribution < 1.29 is 8.42 Å². The minimum atomic E-state index is -3.07. The lowest BCUT2D eigenvalue weighted by Gasteiger charge is -2.31. The van der Waals surface area contributed by atoms with Crippen molar-refractivity contribution in [3.05, 3.63) is 17.5 Å². The molecule has 122 valence electrons. The van der Waals surface area contributed by atoms with Gasteiger partial charge in [-0.05, 0) is 38.7 Å². The summed E-state index contributed by atoms with van der Waals surface area (Å²) in [5, 5.41) is 3.39. The molecule has 1 aromatic heterocycles. The van der Waals surface area contributed by atoms with E-state index in [0.29, 0.717) is 25.0 Å². The van der Waals surface area contributed by atoms with E-state index in [2.05, 4.69) is 21.4 Å². The Hall–Kier alpha value is -1.21. The van der Waals surface area contributed by atoms with Crippen molar-refractivity contribution in [1.82, 2.24) is 14.3 Å². The number of rotatable bonds is 4. The lowest BCUT2D eigenvalue weighted by Crippen LogP contribution is -2.42. The molecule has 1 aliphatic heterocycles. The Morgan fingerprint density at radius 3 is 2.41 bits per heavy atom. The van der Waals surface area contributed by atoms with Gasteiger partial charge in [-0.1, -0.05) is 6.42 Å². The average Bonchev–Trinajstić information content (AvgIpc) is 2.35. The summed E-state index contributed by atoms with van der Waals surface area (Å²) >= 11 is 0. The predicted octanol–water partition coefficient (Wildman–Crippen LogP) is 1.89. The van der Waals surface area contributed by atoms with Gasteiger partial charge in [0.1, 0.15) is 0 Å². The quantitative estimate of drug-likeness (QED) is 0.915. The van der Waals surface area contributed by atoms with Crippen LogP contribution in [0.5, 0.6) is 0 Å². The molecule has 0 amide bonds. The molecule has 7 heteroatoms. The third kappa shape index (κ3) is 3.57. The van der Waals surface area contributed by atoms with Gasteiger partial charge in [-0.25, -0.2) is 22.7 Å². The van der Waals surface area contributed by atoms with Crippen LogP contribution in [-0.4, -0.2) is 48.1 Å². The summed E-state index contributed by atoms with van der Waals surface area (Å²) in [5.41, 5.74) is 2.14. The van der Waals surface area contributed by atoms with Crippen LogP contribution in [0.4, 0.5) is 5.95 Å². The number of piperidine rings is 1. The molecule has 0 unspecified atom stereocenters. The van der Waals surface area contributed by atoms with Crippen molar-refractivity contribution in [1.29, 1.82) is 0 Å². The molecule has 0 aromatic carbocycles. The van der Waals surface area contributed by atoms with E-state index in [4.69, 9.17) is 0 Å². The molecule has 1 saturated heterocycles. The molecule has 0 bridgehead atoms. The molecule has 1 N–H and O–H groups in total. The molecule has 2 aliphatic rings. The van der Waals surface area contributed by atoms with E-state index >= 15 is 0 Å². The number of hydrogen-bond acceptors (Lipinski definition) is 5. The molecular weight excluding hydrogens is 300 g/mol. The van der Waals surface area contributed by atoms with Crippen LogP contribution in [0.15, 0.2) is 6.07 Å². The van der Waals surface area contributed by atoms with Crippen molar-refractivity contribution in [2.75, 3.05) is 24.7 Å². The number of anilines is 1. The van der Waals surface area contributed by atoms with Gasteiger partial charge in [0, 0.05) is 36.4 Å². The zero-order valence-electron chi connectivity index (χ0n) is 13.2. The molecule has 0 radical (unpaired) electrons. The highest BCUT2D eigenvalue weighted by Crippen LogP contribution is 2.35. The minimum Gasteiger partial charge on any atom is -0.351 e. The summed E-state index contributed by atoms with van der Waals surface area (Å²) in [5.74, 6) is 1.29. The molecule has 1 aromatic rings. The van der Waals surface area contributed by atoms with Crippen LogP contribution in [0.3, 0.4) is 0 Å². The lowest BCUT2D eigenvalue weighted by molar-refractivity contribution is 0.331. The highest BCUT2D eigenvalue weighted by atomic mass is 32.2. The second-order valence-electron chi connectivity index (χ2n) is 6.47. The standard InChI is InChI=1S/C15H24N4O2S/c1-11-10-14(12-4-3-5-12)18-15(16-11)17-13-6-8-19(9-7-13)22(2,20)21/h10,12-13H,3-9H2,1-2H3,(H,16,17,18). The number of nitrogens with zero attached hydrogens (tertiary/aromatic N) is 3. The van der Waals surface area contributed by atoms with Crippen LogP contribution in [0.1, 0.15) is 49.4 Å². The number of sulfonamides is 1. The molecule has 2 heterocycles. The summed E-state index contributed by atoms with van der Waals surface area (Å²) in [7, 11) is -3.07. The van der Waals surface area contributed by atoms with Gasteiger partial charge in [-0.15, -0.1) is 0 Å². The van der Waals surface area contributed by atoms with Crippen molar-refractivity contribution in [2.24, 2.45) is 0 Å². The summed E-state index contributed by atoms with van der Waals surface area (Å²) in [6.07, 6.45) is 6.60. The zero-order chi connectivity index (χ0) is 15.7. The predicted molar refractivity (Wildman–Crippen MR) is 86.4 cm³/mol. The van der Waals surface area contributed by atoms with Crippen molar-refractivity contribution in [3.63, 3.8) is 0 Å². The SMILES string of the molecule is Cc1cc(C2CCC2)nc(NC2CCN(S(C)(=O)=O)CC2)n1. The second kappa shape index (κ2) is 6.12. The second-order valence-corrected chi connectivity index (χ2v) is 8.45. The zero-order valence-corrected chi connectivity index (χ0v) is 14.1. The fourth-order valence-corrected chi connectivity index (χ4v) is 3.96. The Kier molecular flexibility index (Phi) is 4.36. The van der Waals surface area contributed by atoms with Crippen LogP contribution in [-0.2, 0) is 10.0 Å². The van der Waals surface area contributed by atoms with Crippen LogP contribution in [0.2, 0.25) is 0 Å². The summed E-state index contributed by atoms with van der Waals surface area (Å²) in [6, 6.07) is 2.33. The van der Waals surface area contributed by atoms with Crippen LogP contribution in [0.25, 0.3) is 0 Å². The Balaban J connectivity index is 1.63. The van der Waals surface area contributed by atoms with E-state index in [-0.39, 0.29) is 6.04 Å². The van der Waals surface area contributed by atoms with Gasteiger partial charge in [0.2, 0.25) is 16.0 Å². The Labute approximate surface area is 132 Å². The summed E-state index contributed by atoms with van der Waals surface area (Å²) in [6.45, 7) is 3.14. The fourth-order valence-electron chi connectivity index (χ4n) is 3.08. The molecule has 1 aliphatic carbocycles. The van der Waals surface area contributed by atoms with Crippen molar-refractivity contribution >= 4 is 16.0 Å². The van der Waals surface area contributed by atoms with Gasteiger partial charge in [-0.2, -0.15) is 0 Å². The Bertz CT molecular complexity index is 635. The number of aromatic nitrogens is 2. The monoisotopic (exact) mass is 324 g/mol. The van der Waals surface area contributed by atoms with E-state index in [1.807, 2.05) is 6.92 Å². The summed E-state index contributed by atoms with van der Waals surface area (Å²) in [4.78, 5) is 9.15. The molecule has 1 saturated carbocycles. The van der Waals surface area contributed by atoms with Gasteiger partial charge < -0.3 is 5.32 Å². The van der Waals surface area contributed by atoms with E-state index in [9.17, 15) is 8.42 Å². The van der Waals surface area contributed by atoms with Gasteiger partial charge in [0.15, 0.2) is 0 Å². The van der Waals surface area contributed by atoms with Gasteiger partial charge >= 0.3 is 0 Å². The smallest absolute Gasteiger partial charge is 0.223 e. The third-order valence-corrected chi connectivity index (χ3v) is 5.96. The molecular formula is C15H24N4O2S. The van der Waals surface area contributed by atoms with Crippen LogP contribution < -0.4 is 5.32 Å². The average molecular weight is 324 g/mol. The Morgan fingerprint density at radius 2 is 1.86 bits per heavy atom. The summed E-state index contributed by atoms with van der Waals surface area (Å²) < 4.78 is 24.6. The fraction of sp³-hybridized carbons (Fsp3) is 0.733. The first-order valence-corrected chi connectivity index (χ1v) is 9.84. The van der Waals surface area contributed by atoms with E-state index < -0.39 is 10.0 Å². The molecule has 0 spiro atoms. The maximum atomic E-state index is 11.5. The van der Waals surface area contributed by atoms with Gasteiger partial charge in [0.05, 0.1) is 6.26 Å². The van der Waals surface area contributed by atoms with E-state index in [0.717, 1.165) is 24.2 Å². The molecule has 2 fully saturated rings. The lowest BCUT2D eigenvalue weighted by atomic mass is 9.83. The third-order valence-electron chi connectivity index (χ3n) is 4.65. The number of aryl methyl sites for hydroxylation is 1. The van der Waals surface area contributed by atoms with Gasteiger partial charge in [-0.3, -0.25) is 0 Å². The maximum absolute atomic E-state index is 11.5.